The Balaban J connectivity index is 1.77. The molecule has 0 radical (unpaired) electrons. The topological polar surface area (TPSA) is 69.6 Å². The van der Waals surface area contributed by atoms with Crippen molar-refractivity contribution in [3.05, 3.63) is 18.5 Å². The Morgan fingerprint density at radius 2 is 1.79 bits per heavy atom. The number of hydrogen-bond donors (Lipinski definition) is 0. The van der Waals surface area contributed by atoms with Crippen LogP contribution in [-0.4, -0.2) is 70.9 Å². The number of rotatable bonds is 7. The normalized spacial score (nSPS) is 14.6. The highest BCUT2D eigenvalue weighted by Crippen LogP contribution is 2.10. The van der Waals surface area contributed by atoms with E-state index in [0.717, 1.165) is 32.5 Å². The molecule has 1 aliphatic heterocycles. The molecule has 7 heteroatoms. The summed E-state index contributed by atoms with van der Waals surface area (Å²) in [6.07, 6.45) is 5.87. The van der Waals surface area contributed by atoms with E-state index < -0.39 is 0 Å². The third-order valence-electron chi connectivity index (χ3n) is 4.29. The van der Waals surface area contributed by atoms with E-state index in [4.69, 9.17) is 0 Å². The minimum Gasteiger partial charge on any atom is -0.342 e. The first-order chi connectivity index (χ1) is 11.6. The fraction of sp³-hybridized carbons (Fsp3) is 0.647. The first kappa shape index (κ1) is 18.2. The molecular formula is C17H27N5O2. The molecule has 24 heavy (non-hydrogen) atoms. The van der Waals surface area contributed by atoms with Crippen LogP contribution < -0.4 is 4.90 Å². The van der Waals surface area contributed by atoms with Gasteiger partial charge < -0.3 is 14.7 Å². The molecule has 0 aromatic carbocycles. The molecule has 0 N–H and O–H groups in total. The van der Waals surface area contributed by atoms with E-state index in [9.17, 15) is 9.59 Å². The summed E-state index contributed by atoms with van der Waals surface area (Å²) in [6.45, 7) is 7.73. The highest BCUT2D eigenvalue weighted by molar-refractivity contribution is 5.78. The predicted molar refractivity (Wildman–Crippen MR) is 92.6 cm³/mol. The second-order valence-corrected chi connectivity index (χ2v) is 6.03. The standard InChI is InChI=1S/C17H27N5O2/c1-3-4-9-20(15(2)23)10-6-16(24)21-11-13-22(14-12-21)17-18-7-5-8-19-17/h5,7-8H,3-4,6,9-14H2,1-2H3. The van der Waals surface area contributed by atoms with Gasteiger partial charge in [-0.2, -0.15) is 0 Å². The zero-order chi connectivity index (χ0) is 17.4. The Hall–Kier alpha value is -2.18. The molecule has 1 fully saturated rings. The lowest BCUT2D eigenvalue weighted by molar-refractivity contribution is -0.133. The lowest BCUT2D eigenvalue weighted by atomic mass is 10.2. The van der Waals surface area contributed by atoms with Crippen molar-refractivity contribution in [1.29, 1.82) is 0 Å². The molecule has 2 amide bonds. The zero-order valence-electron chi connectivity index (χ0n) is 14.6. The van der Waals surface area contributed by atoms with Crippen molar-refractivity contribution in [1.82, 2.24) is 19.8 Å². The molecule has 1 aromatic rings. The van der Waals surface area contributed by atoms with Crippen LogP contribution in [-0.2, 0) is 9.59 Å². The Kier molecular flexibility index (Phi) is 6.96. The number of aromatic nitrogens is 2. The van der Waals surface area contributed by atoms with Crippen LogP contribution in [0.1, 0.15) is 33.1 Å². The van der Waals surface area contributed by atoms with Gasteiger partial charge in [-0.05, 0) is 12.5 Å². The molecule has 132 valence electrons. The van der Waals surface area contributed by atoms with Crippen LogP contribution >= 0.6 is 0 Å². The van der Waals surface area contributed by atoms with Gasteiger partial charge in [0.15, 0.2) is 0 Å². The van der Waals surface area contributed by atoms with Crippen molar-refractivity contribution in [3.63, 3.8) is 0 Å². The van der Waals surface area contributed by atoms with Gasteiger partial charge in [-0.25, -0.2) is 9.97 Å². The van der Waals surface area contributed by atoms with E-state index in [0.29, 0.717) is 32.0 Å². The lowest BCUT2D eigenvalue weighted by Gasteiger charge is -2.35. The summed E-state index contributed by atoms with van der Waals surface area (Å²) in [5.74, 6) is 0.876. The van der Waals surface area contributed by atoms with E-state index in [1.807, 2.05) is 4.90 Å². The number of unbranched alkanes of at least 4 members (excludes halogenated alkanes) is 1. The molecule has 0 bridgehead atoms. The van der Waals surface area contributed by atoms with Gasteiger partial charge in [0.25, 0.3) is 0 Å². The highest BCUT2D eigenvalue weighted by Gasteiger charge is 2.22. The van der Waals surface area contributed by atoms with Crippen molar-refractivity contribution in [2.75, 3.05) is 44.2 Å². The van der Waals surface area contributed by atoms with Crippen LogP contribution in [0.3, 0.4) is 0 Å². The van der Waals surface area contributed by atoms with Gasteiger partial charge in [0.05, 0.1) is 0 Å². The van der Waals surface area contributed by atoms with E-state index in [-0.39, 0.29) is 11.8 Å². The summed E-state index contributed by atoms with van der Waals surface area (Å²) in [4.78, 5) is 38.2. The van der Waals surface area contributed by atoms with Crippen LogP contribution in [0.2, 0.25) is 0 Å². The third kappa shape index (κ3) is 5.18. The maximum Gasteiger partial charge on any atom is 0.225 e. The van der Waals surface area contributed by atoms with E-state index in [1.54, 1.807) is 30.3 Å². The minimum absolute atomic E-state index is 0.0438. The van der Waals surface area contributed by atoms with Gasteiger partial charge in [0.1, 0.15) is 0 Å². The van der Waals surface area contributed by atoms with Gasteiger partial charge in [-0.1, -0.05) is 13.3 Å². The van der Waals surface area contributed by atoms with Crippen molar-refractivity contribution in [2.24, 2.45) is 0 Å². The number of carbonyl (C=O) groups excluding carboxylic acids is 2. The molecule has 0 saturated carbocycles. The van der Waals surface area contributed by atoms with E-state index in [1.165, 1.54) is 0 Å². The predicted octanol–water partition coefficient (Wildman–Crippen LogP) is 1.16. The van der Waals surface area contributed by atoms with Gasteiger partial charge in [-0.15, -0.1) is 0 Å². The largest absolute Gasteiger partial charge is 0.342 e. The molecule has 2 heterocycles. The van der Waals surface area contributed by atoms with E-state index in [2.05, 4.69) is 21.8 Å². The summed E-state index contributed by atoms with van der Waals surface area (Å²) in [6, 6.07) is 1.79. The maximum absolute atomic E-state index is 12.4. The average molecular weight is 333 g/mol. The summed E-state index contributed by atoms with van der Waals surface area (Å²) >= 11 is 0. The molecule has 0 unspecified atom stereocenters. The van der Waals surface area contributed by atoms with Crippen LogP contribution in [0.5, 0.6) is 0 Å². The van der Waals surface area contributed by atoms with Crippen molar-refractivity contribution >= 4 is 17.8 Å². The average Bonchev–Trinajstić information content (AvgIpc) is 2.62. The molecule has 0 atom stereocenters. The van der Waals surface area contributed by atoms with Gasteiger partial charge in [0, 0.05) is 65.0 Å². The van der Waals surface area contributed by atoms with Crippen LogP contribution in [0, 0.1) is 0 Å². The molecule has 2 rings (SSSR count). The molecular weight excluding hydrogens is 306 g/mol. The van der Waals surface area contributed by atoms with Crippen molar-refractivity contribution in [2.45, 2.75) is 33.1 Å². The fourth-order valence-electron chi connectivity index (χ4n) is 2.77. The van der Waals surface area contributed by atoms with Crippen LogP contribution in [0.15, 0.2) is 18.5 Å². The Morgan fingerprint density at radius 1 is 1.12 bits per heavy atom. The highest BCUT2D eigenvalue weighted by atomic mass is 16.2. The number of anilines is 1. The Morgan fingerprint density at radius 3 is 2.38 bits per heavy atom. The van der Waals surface area contributed by atoms with Gasteiger partial charge >= 0.3 is 0 Å². The van der Waals surface area contributed by atoms with Crippen molar-refractivity contribution < 1.29 is 9.59 Å². The molecule has 1 aliphatic rings. The van der Waals surface area contributed by atoms with Crippen molar-refractivity contribution in [3.8, 4) is 0 Å². The molecule has 7 nitrogen and oxygen atoms in total. The number of carbonyl (C=O) groups is 2. The Bertz CT molecular complexity index is 529. The summed E-state index contributed by atoms with van der Waals surface area (Å²) in [7, 11) is 0. The maximum atomic E-state index is 12.4. The quantitative estimate of drug-likeness (QED) is 0.749. The summed E-state index contributed by atoms with van der Waals surface area (Å²) in [5, 5.41) is 0. The Labute approximate surface area is 143 Å². The number of piperazine rings is 1. The fourth-order valence-corrected chi connectivity index (χ4v) is 2.77. The molecule has 1 aromatic heterocycles. The lowest BCUT2D eigenvalue weighted by Crippen LogP contribution is -2.49. The monoisotopic (exact) mass is 333 g/mol. The second kappa shape index (κ2) is 9.20. The van der Waals surface area contributed by atoms with E-state index >= 15 is 0 Å². The minimum atomic E-state index is 0.0438. The smallest absolute Gasteiger partial charge is 0.225 e. The van der Waals surface area contributed by atoms with Gasteiger partial charge in [0.2, 0.25) is 17.8 Å². The first-order valence-corrected chi connectivity index (χ1v) is 8.67. The first-order valence-electron chi connectivity index (χ1n) is 8.67. The third-order valence-corrected chi connectivity index (χ3v) is 4.29. The molecule has 0 spiro atoms. The molecule has 1 saturated heterocycles. The number of amides is 2. The van der Waals surface area contributed by atoms with Crippen LogP contribution in [0.25, 0.3) is 0 Å². The number of hydrogen-bond acceptors (Lipinski definition) is 5. The SMILES string of the molecule is CCCCN(CCC(=O)N1CCN(c2ncccn2)CC1)C(C)=O. The van der Waals surface area contributed by atoms with Gasteiger partial charge in [-0.3, -0.25) is 9.59 Å². The molecule has 0 aliphatic carbocycles. The summed E-state index contributed by atoms with van der Waals surface area (Å²) < 4.78 is 0. The van der Waals surface area contributed by atoms with Crippen LogP contribution in [0.4, 0.5) is 5.95 Å². The summed E-state index contributed by atoms with van der Waals surface area (Å²) in [5.41, 5.74) is 0. The zero-order valence-corrected chi connectivity index (χ0v) is 14.6. The second-order valence-electron chi connectivity index (χ2n) is 6.03. The number of nitrogens with zero attached hydrogens (tertiary/aromatic N) is 5.